The molecule has 0 aliphatic carbocycles. The molecular formula is C10H9FN2O. The van der Waals surface area contributed by atoms with E-state index in [9.17, 15) is 9.18 Å². The van der Waals surface area contributed by atoms with Crippen LogP contribution in [0.3, 0.4) is 0 Å². The molecule has 72 valence electrons. The molecule has 3 nitrogen and oxygen atoms in total. The van der Waals surface area contributed by atoms with E-state index in [0.29, 0.717) is 5.56 Å². The average molecular weight is 192 g/mol. The van der Waals surface area contributed by atoms with Crippen molar-refractivity contribution in [2.24, 2.45) is 0 Å². The molecule has 0 bridgehead atoms. The standard InChI is InChI=1S/C10H9FN2O/c1-3-6-13(2)10(14)8-4-5-9(11)12-7-8/h1,4-5,7H,6H2,2H3. The highest BCUT2D eigenvalue weighted by atomic mass is 19.1. The molecule has 0 N–H and O–H groups in total. The van der Waals surface area contributed by atoms with Gasteiger partial charge in [0.25, 0.3) is 5.91 Å². The fourth-order valence-electron chi connectivity index (χ4n) is 0.931. The van der Waals surface area contributed by atoms with Crippen LogP contribution in [0.2, 0.25) is 0 Å². The Kier molecular flexibility index (Phi) is 3.19. The van der Waals surface area contributed by atoms with E-state index in [2.05, 4.69) is 10.9 Å². The third kappa shape index (κ3) is 2.30. The first-order valence-electron chi connectivity index (χ1n) is 3.95. The molecule has 0 atom stereocenters. The number of carbonyl (C=O) groups excluding carboxylic acids is 1. The summed E-state index contributed by atoms with van der Waals surface area (Å²) in [6.07, 6.45) is 6.24. The van der Waals surface area contributed by atoms with E-state index >= 15 is 0 Å². The summed E-state index contributed by atoms with van der Waals surface area (Å²) >= 11 is 0. The summed E-state index contributed by atoms with van der Waals surface area (Å²) in [5, 5.41) is 0. The second kappa shape index (κ2) is 4.38. The molecule has 1 amide bonds. The maximum absolute atomic E-state index is 12.4. The highest BCUT2D eigenvalue weighted by Crippen LogP contribution is 2.02. The second-order valence-electron chi connectivity index (χ2n) is 2.73. The minimum absolute atomic E-state index is 0.218. The summed E-state index contributed by atoms with van der Waals surface area (Å²) in [5.41, 5.74) is 0.323. The van der Waals surface area contributed by atoms with Gasteiger partial charge in [-0.05, 0) is 12.1 Å². The van der Waals surface area contributed by atoms with Crippen LogP contribution in [-0.4, -0.2) is 29.4 Å². The molecule has 4 heteroatoms. The molecule has 14 heavy (non-hydrogen) atoms. The quantitative estimate of drug-likeness (QED) is 0.515. The number of amides is 1. The molecule has 1 rings (SSSR count). The molecule has 0 unspecified atom stereocenters. The minimum Gasteiger partial charge on any atom is -0.331 e. The van der Waals surface area contributed by atoms with Gasteiger partial charge in [0.15, 0.2) is 0 Å². The number of halogens is 1. The number of terminal acetylenes is 1. The van der Waals surface area contributed by atoms with Gasteiger partial charge in [-0.1, -0.05) is 5.92 Å². The van der Waals surface area contributed by atoms with Crippen molar-refractivity contribution in [1.29, 1.82) is 0 Å². The lowest BCUT2D eigenvalue weighted by atomic mass is 10.2. The molecule has 0 saturated carbocycles. The van der Waals surface area contributed by atoms with Crippen LogP contribution in [0.1, 0.15) is 10.4 Å². The van der Waals surface area contributed by atoms with Gasteiger partial charge >= 0.3 is 0 Å². The van der Waals surface area contributed by atoms with Crippen molar-refractivity contribution >= 4 is 5.91 Å². The average Bonchev–Trinajstić information content (AvgIpc) is 2.18. The van der Waals surface area contributed by atoms with Gasteiger partial charge in [0.05, 0.1) is 12.1 Å². The Morgan fingerprint density at radius 3 is 2.93 bits per heavy atom. The van der Waals surface area contributed by atoms with E-state index in [-0.39, 0.29) is 12.5 Å². The van der Waals surface area contributed by atoms with E-state index in [4.69, 9.17) is 6.42 Å². The van der Waals surface area contributed by atoms with Crippen molar-refractivity contribution in [3.05, 3.63) is 29.8 Å². The molecule has 1 heterocycles. The molecule has 0 aromatic carbocycles. The Labute approximate surface area is 81.6 Å². The van der Waals surface area contributed by atoms with Crippen molar-refractivity contribution in [3.63, 3.8) is 0 Å². The third-order valence-corrected chi connectivity index (χ3v) is 1.65. The lowest BCUT2D eigenvalue weighted by Crippen LogP contribution is -2.27. The summed E-state index contributed by atoms with van der Waals surface area (Å²) in [4.78, 5) is 16.2. The molecular weight excluding hydrogens is 183 g/mol. The molecule has 0 saturated heterocycles. The lowest BCUT2D eigenvalue weighted by Gasteiger charge is -2.12. The van der Waals surface area contributed by atoms with Crippen molar-refractivity contribution in [2.45, 2.75) is 0 Å². The first-order chi connectivity index (χ1) is 6.65. The Bertz CT molecular complexity index is 367. The zero-order valence-corrected chi connectivity index (χ0v) is 7.70. The molecule has 1 aromatic heterocycles. The van der Waals surface area contributed by atoms with Crippen molar-refractivity contribution < 1.29 is 9.18 Å². The molecule has 0 fully saturated rings. The third-order valence-electron chi connectivity index (χ3n) is 1.65. The van der Waals surface area contributed by atoms with E-state index in [1.54, 1.807) is 7.05 Å². The Hall–Kier alpha value is -1.89. The summed E-state index contributed by atoms with van der Waals surface area (Å²) in [6, 6.07) is 2.51. The normalized spacial score (nSPS) is 9.21. The van der Waals surface area contributed by atoms with E-state index in [1.807, 2.05) is 0 Å². The molecule has 0 aliphatic heterocycles. The molecule has 1 aromatic rings. The van der Waals surface area contributed by atoms with Crippen LogP contribution in [0.15, 0.2) is 18.3 Å². The minimum atomic E-state index is -0.610. The maximum atomic E-state index is 12.4. The number of aromatic nitrogens is 1. The Balaban J connectivity index is 2.80. The van der Waals surface area contributed by atoms with Gasteiger partial charge in [-0.2, -0.15) is 4.39 Å². The van der Waals surface area contributed by atoms with Crippen LogP contribution < -0.4 is 0 Å². The van der Waals surface area contributed by atoms with Gasteiger partial charge in [-0.3, -0.25) is 4.79 Å². The van der Waals surface area contributed by atoms with Crippen LogP contribution in [0.4, 0.5) is 4.39 Å². The van der Waals surface area contributed by atoms with Crippen molar-refractivity contribution in [1.82, 2.24) is 9.88 Å². The van der Waals surface area contributed by atoms with Gasteiger partial charge in [0.1, 0.15) is 0 Å². The predicted molar refractivity (Wildman–Crippen MR) is 50.0 cm³/mol. The Morgan fingerprint density at radius 2 is 2.43 bits per heavy atom. The monoisotopic (exact) mass is 192 g/mol. The van der Waals surface area contributed by atoms with Gasteiger partial charge < -0.3 is 4.90 Å². The number of nitrogens with zero attached hydrogens (tertiary/aromatic N) is 2. The van der Waals surface area contributed by atoms with E-state index < -0.39 is 5.95 Å². The predicted octanol–water partition coefficient (Wildman–Crippen LogP) is 0.926. The molecule has 0 spiro atoms. The van der Waals surface area contributed by atoms with Crippen LogP contribution >= 0.6 is 0 Å². The topological polar surface area (TPSA) is 33.2 Å². The number of hydrogen-bond donors (Lipinski definition) is 0. The second-order valence-corrected chi connectivity index (χ2v) is 2.73. The Morgan fingerprint density at radius 1 is 1.71 bits per heavy atom. The van der Waals surface area contributed by atoms with Crippen LogP contribution in [0.5, 0.6) is 0 Å². The zero-order chi connectivity index (χ0) is 10.6. The smallest absolute Gasteiger partial charge is 0.255 e. The molecule has 0 radical (unpaired) electrons. The number of pyridine rings is 1. The summed E-state index contributed by atoms with van der Waals surface area (Å²) < 4.78 is 12.4. The van der Waals surface area contributed by atoms with Gasteiger partial charge in [0.2, 0.25) is 5.95 Å². The van der Waals surface area contributed by atoms with E-state index in [1.165, 1.54) is 17.2 Å². The summed E-state index contributed by atoms with van der Waals surface area (Å²) in [7, 11) is 1.57. The fraction of sp³-hybridized carbons (Fsp3) is 0.200. The van der Waals surface area contributed by atoms with Crippen LogP contribution in [0, 0.1) is 18.3 Å². The molecule has 0 aliphatic rings. The van der Waals surface area contributed by atoms with Crippen molar-refractivity contribution in [2.75, 3.05) is 13.6 Å². The zero-order valence-electron chi connectivity index (χ0n) is 7.70. The summed E-state index contributed by atoms with van der Waals surface area (Å²) in [5.74, 6) is 1.46. The first kappa shape index (κ1) is 10.2. The highest BCUT2D eigenvalue weighted by molar-refractivity contribution is 5.93. The highest BCUT2D eigenvalue weighted by Gasteiger charge is 2.10. The first-order valence-corrected chi connectivity index (χ1v) is 3.95. The van der Waals surface area contributed by atoms with Crippen LogP contribution in [-0.2, 0) is 0 Å². The number of rotatable bonds is 2. The van der Waals surface area contributed by atoms with Gasteiger partial charge in [0, 0.05) is 13.2 Å². The van der Waals surface area contributed by atoms with Crippen molar-refractivity contribution in [3.8, 4) is 12.3 Å². The van der Waals surface area contributed by atoms with Crippen LogP contribution in [0.25, 0.3) is 0 Å². The largest absolute Gasteiger partial charge is 0.331 e. The fourth-order valence-corrected chi connectivity index (χ4v) is 0.931. The number of hydrogen-bond acceptors (Lipinski definition) is 2. The van der Waals surface area contributed by atoms with Gasteiger partial charge in [-0.25, -0.2) is 4.98 Å². The maximum Gasteiger partial charge on any atom is 0.255 e. The lowest BCUT2D eigenvalue weighted by molar-refractivity contribution is 0.0812. The number of carbonyl (C=O) groups is 1. The SMILES string of the molecule is C#CCN(C)C(=O)c1ccc(F)nc1. The van der Waals surface area contributed by atoms with E-state index in [0.717, 1.165) is 6.07 Å². The summed E-state index contributed by atoms with van der Waals surface area (Å²) in [6.45, 7) is 0.218. The van der Waals surface area contributed by atoms with Gasteiger partial charge in [-0.15, -0.1) is 6.42 Å².